The lowest BCUT2D eigenvalue weighted by atomic mass is 9.78. The molecule has 0 aromatic rings. The molecule has 0 spiro atoms. The highest BCUT2D eigenvalue weighted by Crippen LogP contribution is 2.32. The molecule has 4 rings (SSSR count). The van der Waals surface area contributed by atoms with Crippen molar-refractivity contribution in [3.05, 3.63) is 0 Å². The molecule has 2 aliphatic carbocycles. The normalized spacial score (nSPS) is 37.1. The summed E-state index contributed by atoms with van der Waals surface area (Å²) in [7, 11) is 1.85. The molecule has 2 saturated carbocycles. The molecule has 0 aromatic carbocycles. The van der Waals surface area contributed by atoms with Crippen molar-refractivity contribution >= 4 is 5.91 Å². The van der Waals surface area contributed by atoms with Gasteiger partial charge in [-0.3, -0.25) is 20.7 Å². The van der Waals surface area contributed by atoms with Crippen LogP contribution in [0, 0.1) is 17.8 Å². The highest BCUT2D eigenvalue weighted by atomic mass is 16.5. The lowest BCUT2D eigenvalue weighted by molar-refractivity contribution is -0.123. The van der Waals surface area contributed by atoms with Crippen LogP contribution in [0.3, 0.4) is 0 Å². The number of carbonyl (C=O) groups excluding carboxylic acids is 1. The van der Waals surface area contributed by atoms with Gasteiger partial charge >= 0.3 is 0 Å². The van der Waals surface area contributed by atoms with Gasteiger partial charge in [0.25, 0.3) is 0 Å². The number of piperidine rings is 1. The number of ether oxygens (including phenoxy) is 2. The third-order valence-electron chi connectivity index (χ3n) is 8.71. The molecule has 0 unspecified atom stereocenters. The van der Waals surface area contributed by atoms with Gasteiger partial charge in [0, 0.05) is 38.7 Å². The summed E-state index contributed by atoms with van der Waals surface area (Å²) in [5.74, 6) is 1.51. The average molecular weight is 466 g/mol. The van der Waals surface area contributed by atoms with E-state index in [9.17, 15) is 4.79 Å². The van der Waals surface area contributed by atoms with Crippen molar-refractivity contribution in [1.29, 1.82) is 0 Å². The fraction of sp³-hybridized carbons (Fsp3) is 0.960. The summed E-state index contributed by atoms with van der Waals surface area (Å²) >= 11 is 0. The van der Waals surface area contributed by atoms with E-state index in [1.807, 2.05) is 7.11 Å². The number of likely N-dealkylation sites (tertiary alicyclic amines) is 1. The van der Waals surface area contributed by atoms with Crippen LogP contribution in [0.4, 0.5) is 0 Å². The number of hydrogen-bond donors (Lipinski definition) is 4. The molecule has 8 heteroatoms. The predicted molar refractivity (Wildman–Crippen MR) is 130 cm³/mol. The Morgan fingerprint density at radius 1 is 0.909 bits per heavy atom. The summed E-state index contributed by atoms with van der Waals surface area (Å²) in [5, 5.41) is 11.2. The van der Waals surface area contributed by atoms with E-state index < -0.39 is 0 Å². The minimum atomic E-state index is -0.139. The zero-order chi connectivity index (χ0) is 23.0. The van der Waals surface area contributed by atoms with Crippen molar-refractivity contribution in [2.75, 3.05) is 46.4 Å². The molecule has 190 valence electrons. The maximum Gasteiger partial charge on any atom is 0.220 e. The molecule has 33 heavy (non-hydrogen) atoms. The van der Waals surface area contributed by atoms with E-state index in [1.54, 1.807) is 0 Å². The number of primary amides is 1. The molecule has 2 aliphatic heterocycles. The van der Waals surface area contributed by atoms with Crippen LogP contribution in [-0.2, 0) is 14.3 Å². The van der Waals surface area contributed by atoms with Crippen LogP contribution in [0.2, 0.25) is 0 Å². The number of carbonyl (C=O) groups is 1. The van der Waals surface area contributed by atoms with E-state index in [0.29, 0.717) is 18.2 Å². The Balaban J connectivity index is 1.04. The van der Waals surface area contributed by atoms with Crippen molar-refractivity contribution in [2.24, 2.45) is 23.5 Å². The van der Waals surface area contributed by atoms with Crippen molar-refractivity contribution in [2.45, 2.75) is 88.7 Å². The molecule has 0 aromatic heterocycles. The fourth-order valence-electron chi connectivity index (χ4n) is 6.35. The highest BCUT2D eigenvalue weighted by Gasteiger charge is 2.32. The number of rotatable bonds is 9. The number of hydrogen-bond acceptors (Lipinski definition) is 7. The van der Waals surface area contributed by atoms with Crippen molar-refractivity contribution in [1.82, 2.24) is 20.9 Å². The lowest BCUT2D eigenvalue weighted by Gasteiger charge is -2.40. The second kappa shape index (κ2) is 12.8. The number of amides is 1. The van der Waals surface area contributed by atoms with Crippen LogP contribution < -0.4 is 21.7 Å². The molecule has 8 nitrogen and oxygen atoms in total. The van der Waals surface area contributed by atoms with Gasteiger partial charge in [-0.2, -0.15) is 0 Å². The Hall–Kier alpha value is -0.770. The molecule has 0 atom stereocenters. The maximum atomic E-state index is 11.3. The first-order valence-corrected chi connectivity index (χ1v) is 13.5. The van der Waals surface area contributed by atoms with Gasteiger partial charge in [-0.1, -0.05) is 0 Å². The van der Waals surface area contributed by atoms with E-state index in [2.05, 4.69) is 20.9 Å². The average Bonchev–Trinajstić information content (AvgIpc) is 2.86. The van der Waals surface area contributed by atoms with Crippen LogP contribution in [0.1, 0.15) is 64.2 Å². The lowest BCUT2D eigenvalue weighted by Crippen LogP contribution is -2.63. The van der Waals surface area contributed by atoms with Gasteiger partial charge in [0.2, 0.25) is 5.91 Å². The van der Waals surface area contributed by atoms with Gasteiger partial charge < -0.3 is 20.1 Å². The molecule has 0 bridgehead atoms. The summed E-state index contributed by atoms with van der Waals surface area (Å²) in [4.78, 5) is 13.7. The van der Waals surface area contributed by atoms with Crippen LogP contribution in [0.15, 0.2) is 0 Å². The molecule has 4 aliphatic rings. The van der Waals surface area contributed by atoms with E-state index in [1.165, 1.54) is 38.5 Å². The number of methoxy groups -OCH3 is 1. The molecule has 5 N–H and O–H groups in total. The van der Waals surface area contributed by atoms with Gasteiger partial charge in [-0.05, 0) is 89.1 Å². The molecule has 2 heterocycles. The molecule has 0 radical (unpaired) electrons. The highest BCUT2D eigenvalue weighted by molar-refractivity contribution is 5.76. The molecule has 1 amide bonds. The van der Waals surface area contributed by atoms with Crippen molar-refractivity contribution < 1.29 is 14.3 Å². The van der Waals surface area contributed by atoms with Crippen LogP contribution in [0.25, 0.3) is 0 Å². The fourth-order valence-corrected chi connectivity index (χ4v) is 6.35. The Labute approximate surface area is 200 Å². The topological polar surface area (TPSA) is 101 Å². The Kier molecular flexibility index (Phi) is 9.82. The maximum absolute atomic E-state index is 11.3. The first-order chi connectivity index (χ1) is 16.1. The first-order valence-electron chi connectivity index (χ1n) is 13.5. The first kappa shape index (κ1) is 25.3. The van der Waals surface area contributed by atoms with Gasteiger partial charge in [0.1, 0.15) is 6.29 Å². The number of nitrogens with zero attached hydrogens (tertiary/aromatic N) is 1. The Morgan fingerprint density at radius 2 is 1.55 bits per heavy atom. The van der Waals surface area contributed by atoms with Gasteiger partial charge in [0.15, 0.2) is 0 Å². The van der Waals surface area contributed by atoms with Gasteiger partial charge in [-0.25, -0.2) is 0 Å². The van der Waals surface area contributed by atoms with Crippen LogP contribution >= 0.6 is 0 Å². The molecular formula is C25H47N5O3. The Morgan fingerprint density at radius 3 is 2.15 bits per heavy atom. The molecular weight excluding hydrogens is 418 g/mol. The monoisotopic (exact) mass is 465 g/mol. The van der Waals surface area contributed by atoms with E-state index >= 15 is 0 Å². The van der Waals surface area contributed by atoms with Crippen LogP contribution in [0.5, 0.6) is 0 Å². The van der Waals surface area contributed by atoms with Crippen molar-refractivity contribution in [3.8, 4) is 0 Å². The van der Waals surface area contributed by atoms with Crippen LogP contribution in [-0.4, -0.2) is 81.8 Å². The Bertz CT molecular complexity index is 577. The third kappa shape index (κ3) is 7.61. The summed E-state index contributed by atoms with van der Waals surface area (Å²) in [6.07, 6.45) is 12.6. The van der Waals surface area contributed by atoms with E-state index in [-0.39, 0.29) is 18.1 Å². The summed E-state index contributed by atoms with van der Waals surface area (Å²) in [5.41, 5.74) is 5.43. The standard InChI is InChI=1S/C25H47N5O3/c1-32-22-6-2-18(3-7-22)20-16-27-25(28-17-20)29-21-4-8-23(9-5-21)33-15-14-30-12-10-19(11-13-30)24(26)31/h18-23,25,27-29H,2-17H2,1H3,(H2,26,31). The largest absolute Gasteiger partial charge is 0.381 e. The van der Waals surface area contributed by atoms with Crippen molar-refractivity contribution in [3.63, 3.8) is 0 Å². The molecule has 4 fully saturated rings. The third-order valence-corrected chi connectivity index (χ3v) is 8.71. The number of nitrogens with two attached hydrogens (primary N) is 1. The minimum Gasteiger partial charge on any atom is -0.381 e. The zero-order valence-electron chi connectivity index (χ0n) is 20.6. The quantitative estimate of drug-likeness (QED) is 0.408. The second-order valence-corrected chi connectivity index (χ2v) is 10.8. The van der Waals surface area contributed by atoms with Gasteiger partial charge in [0.05, 0.1) is 18.8 Å². The summed E-state index contributed by atoms with van der Waals surface area (Å²) in [6, 6.07) is 0.566. The summed E-state index contributed by atoms with van der Waals surface area (Å²) < 4.78 is 11.7. The second-order valence-electron chi connectivity index (χ2n) is 10.8. The van der Waals surface area contributed by atoms with E-state index in [4.69, 9.17) is 15.2 Å². The smallest absolute Gasteiger partial charge is 0.220 e. The predicted octanol–water partition coefficient (Wildman–Crippen LogP) is 1.40. The number of nitrogens with one attached hydrogen (secondary N) is 3. The summed E-state index contributed by atoms with van der Waals surface area (Å²) in [6.45, 7) is 5.91. The SMILES string of the molecule is COC1CCC(C2CNC(NC3CCC(OCCN4CCC(C(N)=O)CC4)CC3)NC2)CC1. The molecule has 2 saturated heterocycles. The van der Waals surface area contributed by atoms with Gasteiger partial charge in [-0.15, -0.1) is 0 Å². The minimum absolute atomic E-state index is 0.0693. The van der Waals surface area contributed by atoms with E-state index in [0.717, 1.165) is 76.8 Å². The zero-order valence-corrected chi connectivity index (χ0v) is 20.6.